The van der Waals surface area contributed by atoms with Gasteiger partial charge in [0.25, 0.3) is 5.91 Å². The molecule has 0 saturated carbocycles. The molecule has 1 atom stereocenters. The highest BCUT2D eigenvalue weighted by Gasteiger charge is 2.17. The van der Waals surface area contributed by atoms with Crippen LogP contribution >= 0.6 is 0 Å². The number of hydrogen-bond donors (Lipinski definition) is 4. The summed E-state index contributed by atoms with van der Waals surface area (Å²) in [6.07, 6.45) is 3.33. The van der Waals surface area contributed by atoms with E-state index in [1.165, 1.54) is 0 Å². The third-order valence-corrected chi connectivity index (χ3v) is 3.12. The van der Waals surface area contributed by atoms with Gasteiger partial charge in [0.1, 0.15) is 0 Å². The summed E-state index contributed by atoms with van der Waals surface area (Å²) in [4.78, 5) is 26.3. The third-order valence-electron chi connectivity index (χ3n) is 3.12. The first kappa shape index (κ1) is 18.1. The van der Waals surface area contributed by atoms with E-state index in [-0.39, 0.29) is 25.0 Å². The maximum atomic E-state index is 11.3. The van der Waals surface area contributed by atoms with Crippen LogP contribution in [0.5, 0.6) is 0 Å². The van der Waals surface area contributed by atoms with Gasteiger partial charge in [-0.2, -0.15) is 0 Å². The van der Waals surface area contributed by atoms with Crippen LogP contribution in [0.1, 0.15) is 15.9 Å². The summed E-state index contributed by atoms with van der Waals surface area (Å²) >= 11 is 0. The molecule has 128 valence electrons. The molecule has 3 rings (SSSR count). The summed E-state index contributed by atoms with van der Waals surface area (Å²) in [6.45, 7) is -0.0826. The molecule has 1 aliphatic rings. The van der Waals surface area contributed by atoms with Gasteiger partial charge >= 0.3 is 0 Å². The number of nitrogens with one attached hydrogen (secondary N) is 2. The fraction of sp³-hybridized carbons (Fsp3) is 0.167. The molecule has 1 aromatic carbocycles. The standard InChI is InChI=1S/C9H8N2O2.C9H10N2O/c12-8-5-10-9(13)6-3-1-2-4-7(6)11-8;10-9(7-12)4-3-8-2-1-5-11-6-8/h1-4H,5H2,(H,10,13)(H,11,12);1-2,5-6,9,12H,7,10H2. The summed E-state index contributed by atoms with van der Waals surface area (Å²) in [5.41, 5.74) is 7.26. The van der Waals surface area contributed by atoms with Gasteiger partial charge < -0.3 is 21.5 Å². The number of carbonyl (C=O) groups is 2. The van der Waals surface area contributed by atoms with Gasteiger partial charge in [-0.3, -0.25) is 14.6 Å². The number of nitrogens with zero attached hydrogens (tertiary/aromatic N) is 1. The molecule has 0 fully saturated rings. The molecule has 5 N–H and O–H groups in total. The average Bonchev–Trinajstić information content (AvgIpc) is 2.80. The molecule has 25 heavy (non-hydrogen) atoms. The number of hydrogen-bond acceptors (Lipinski definition) is 5. The van der Waals surface area contributed by atoms with Gasteiger partial charge in [0.05, 0.1) is 30.4 Å². The fourth-order valence-corrected chi connectivity index (χ4v) is 1.90. The van der Waals surface area contributed by atoms with Gasteiger partial charge in [-0.25, -0.2) is 0 Å². The average molecular weight is 338 g/mol. The van der Waals surface area contributed by atoms with Crippen LogP contribution in [-0.2, 0) is 4.79 Å². The van der Waals surface area contributed by atoms with Crippen LogP contribution < -0.4 is 16.4 Å². The second-order valence-corrected chi connectivity index (χ2v) is 5.08. The molecule has 1 unspecified atom stereocenters. The monoisotopic (exact) mass is 338 g/mol. The summed E-state index contributed by atoms with van der Waals surface area (Å²) in [5.74, 6) is 5.07. The Morgan fingerprint density at radius 2 is 2.04 bits per heavy atom. The van der Waals surface area contributed by atoms with Crippen LogP contribution in [0.3, 0.4) is 0 Å². The van der Waals surface area contributed by atoms with Gasteiger partial charge in [0, 0.05) is 18.0 Å². The van der Waals surface area contributed by atoms with Crippen LogP contribution in [-0.4, -0.2) is 41.1 Å². The number of aliphatic hydroxyl groups is 1. The number of anilines is 1. The van der Waals surface area contributed by atoms with E-state index in [0.717, 1.165) is 5.56 Å². The quantitative estimate of drug-likeness (QED) is 0.551. The van der Waals surface area contributed by atoms with E-state index in [9.17, 15) is 9.59 Å². The molecule has 0 bridgehead atoms. The van der Waals surface area contributed by atoms with Crippen molar-refractivity contribution in [2.45, 2.75) is 6.04 Å². The Bertz CT molecular complexity index is 797. The molecule has 0 aliphatic carbocycles. The van der Waals surface area contributed by atoms with Crippen LogP contribution in [0.4, 0.5) is 5.69 Å². The van der Waals surface area contributed by atoms with E-state index < -0.39 is 6.04 Å². The number of rotatable bonds is 1. The highest BCUT2D eigenvalue weighted by Crippen LogP contribution is 2.15. The van der Waals surface area contributed by atoms with Gasteiger partial charge in [0.2, 0.25) is 5.91 Å². The zero-order chi connectivity index (χ0) is 18.1. The Kier molecular flexibility index (Phi) is 6.65. The number of nitrogens with two attached hydrogens (primary N) is 1. The molecule has 2 amide bonds. The lowest BCUT2D eigenvalue weighted by Crippen LogP contribution is -2.28. The number of aromatic nitrogens is 1. The highest BCUT2D eigenvalue weighted by molar-refractivity contribution is 6.08. The van der Waals surface area contributed by atoms with Crippen molar-refractivity contribution in [2.24, 2.45) is 5.73 Å². The maximum absolute atomic E-state index is 11.3. The first-order valence-corrected chi connectivity index (χ1v) is 7.55. The first-order valence-electron chi connectivity index (χ1n) is 7.55. The summed E-state index contributed by atoms with van der Waals surface area (Å²) < 4.78 is 0. The summed E-state index contributed by atoms with van der Waals surface area (Å²) in [5, 5.41) is 13.7. The Morgan fingerprint density at radius 1 is 1.24 bits per heavy atom. The predicted molar refractivity (Wildman–Crippen MR) is 93.6 cm³/mol. The lowest BCUT2D eigenvalue weighted by Gasteiger charge is -2.02. The molecule has 0 radical (unpaired) electrons. The van der Waals surface area contributed by atoms with Gasteiger partial charge in [0.15, 0.2) is 0 Å². The molecular weight excluding hydrogens is 320 g/mol. The number of benzene rings is 1. The number of pyridine rings is 1. The van der Waals surface area contributed by atoms with Gasteiger partial charge in [-0.05, 0) is 24.3 Å². The molecule has 0 spiro atoms. The zero-order valence-electron chi connectivity index (χ0n) is 13.4. The van der Waals surface area contributed by atoms with E-state index >= 15 is 0 Å². The lowest BCUT2D eigenvalue weighted by atomic mass is 10.2. The van der Waals surface area contributed by atoms with E-state index in [1.807, 2.05) is 6.07 Å². The van der Waals surface area contributed by atoms with Crippen LogP contribution in [0, 0.1) is 11.8 Å². The summed E-state index contributed by atoms with van der Waals surface area (Å²) in [7, 11) is 0. The number of carbonyl (C=O) groups excluding carboxylic acids is 2. The topological polar surface area (TPSA) is 117 Å². The normalized spacial score (nSPS) is 13.5. The molecule has 7 nitrogen and oxygen atoms in total. The van der Waals surface area contributed by atoms with Crippen molar-refractivity contribution < 1.29 is 14.7 Å². The minimum atomic E-state index is -0.467. The van der Waals surface area contributed by atoms with Crippen molar-refractivity contribution >= 4 is 17.5 Å². The number of fused-ring (bicyclic) bond motifs is 1. The van der Waals surface area contributed by atoms with Crippen molar-refractivity contribution in [3.63, 3.8) is 0 Å². The van der Waals surface area contributed by atoms with Crippen molar-refractivity contribution in [3.05, 3.63) is 59.9 Å². The molecule has 1 aromatic heterocycles. The third kappa shape index (κ3) is 5.73. The Labute approximate surface area is 145 Å². The van der Waals surface area contributed by atoms with Crippen LogP contribution in [0.25, 0.3) is 0 Å². The molecule has 0 saturated heterocycles. The first-order chi connectivity index (χ1) is 12.1. The second-order valence-electron chi connectivity index (χ2n) is 5.08. The Hall–Kier alpha value is -3.21. The number of para-hydroxylation sites is 1. The van der Waals surface area contributed by atoms with E-state index in [1.54, 1.807) is 42.7 Å². The largest absolute Gasteiger partial charge is 0.394 e. The second kappa shape index (κ2) is 9.17. The molecule has 2 aromatic rings. The number of amides is 2. The highest BCUT2D eigenvalue weighted by atomic mass is 16.3. The van der Waals surface area contributed by atoms with Crippen molar-refractivity contribution in [2.75, 3.05) is 18.5 Å². The fourth-order valence-electron chi connectivity index (χ4n) is 1.90. The van der Waals surface area contributed by atoms with Gasteiger partial charge in [-0.1, -0.05) is 24.0 Å². The molecule has 1 aliphatic heterocycles. The van der Waals surface area contributed by atoms with E-state index in [4.69, 9.17) is 10.8 Å². The van der Waals surface area contributed by atoms with Crippen LogP contribution in [0.15, 0.2) is 48.8 Å². The molecule has 7 heteroatoms. The van der Waals surface area contributed by atoms with Crippen molar-refractivity contribution in [3.8, 4) is 11.8 Å². The zero-order valence-corrected chi connectivity index (χ0v) is 13.4. The SMILES string of the molecule is NC(C#Cc1cccnc1)CO.O=C1CNC(=O)c2ccccc2N1. The maximum Gasteiger partial charge on any atom is 0.253 e. The van der Waals surface area contributed by atoms with E-state index in [2.05, 4.69) is 27.5 Å². The minimum Gasteiger partial charge on any atom is -0.394 e. The summed E-state index contributed by atoms with van der Waals surface area (Å²) in [6, 6.07) is 10.1. The van der Waals surface area contributed by atoms with E-state index in [0.29, 0.717) is 11.3 Å². The van der Waals surface area contributed by atoms with Crippen LogP contribution in [0.2, 0.25) is 0 Å². The Morgan fingerprint density at radius 3 is 2.76 bits per heavy atom. The predicted octanol–water partition coefficient (Wildman–Crippen LogP) is 0.121. The van der Waals surface area contributed by atoms with Crippen molar-refractivity contribution in [1.82, 2.24) is 10.3 Å². The van der Waals surface area contributed by atoms with Gasteiger partial charge in [-0.15, -0.1) is 0 Å². The molecule has 2 heterocycles. The molecular formula is C18H18N4O3. The minimum absolute atomic E-state index is 0.0352. The number of aliphatic hydroxyl groups excluding tert-OH is 1. The smallest absolute Gasteiger partial charge is 0.253 e. The lowest BCUT2D eigenvalue weighted by molar-refractivity contribution is -0.115. The Balaban J connectivity index is 0.000000181. The van der Waals surface area contributed by atoms with Crippen molar-refractivity contribution in [1.29, 1.82) is 0 Å².